The highest BCUT2D eigenvalue weighted by atomic mass is 16.1. The van der Waals surface area contributed by atoms with Gasteiger partial charge in [0, 0.05) is 18.8 Å². The quantitative estimate of drug-likeness (QED) is 0.719. The second kappa shape index (κ2) is 5.56. The molecule has 0 saturated heterocycles. The average Bonchev–Trinajstić information content (AvgIpc) is 2.35. The zero-order valence-electron chi connectivity index (χ0n) is 9.60. The van der Waals surface area contributed by atoms with E-state index in [0.29, 0.717) is 18.7 Å². The van der Waals surface area contributed by atoms with Crippen LogP contribution in [0.15, 0.2) is 35.3 Å². The number of pyridine rings is 1. The molecule has 0 atom stereocenters. The minimum atomic E-state index is -0.0498. The lowest BCUT2D eigenvalue weighted by Gasteiger charge is -2.05. The summed E-state index contributed by atoms with van der Waals surface area (Å²) in [5.74, 6) is 0. The maximum absolute atomic E-state index is 11.8. The van der Waals surface area contributed by atoms with Crippen molar-refractivity contribution >= 4 is 5.65 Å². The fourth-order valence-corrected chi connectivity index (χ4v) is 1.64. The molecule has 90 valence electrons. The number of rotatable bonds is 5. The van der Waals surface area contributed by atoms with Crippen molar-refractivity contribution in [2.75, 3.05) is 13.1 Å². The first-order valence-corrected chi connectivity index (χ1v) is 5.69. The van der Waals surface area contributed by atoms with Crippen LogP contribution in [0.4, 0.5) is 0 Å². The Balaban J connectivity index is 2.16. The third kappa shape index (κ3) is 2.89. The van der Waals surface area contributed by atoms with Gasteiger partial charge in [0.25, 0.3) is 5.56 Å². The topological polar surface area (TPSA) is 72.4 Å². The largest absolute Gasteiger partial charge is 0.330 e. The van der Waals surface area contributed by atoms with Crippen molar-refractivity contribution in [1.29, 1.82) is 0 Å². The molecule has 2 heterocycles. The van der Waals surface area contributed by atoms with Crippen LogP contribution in [0, 0.1) is 0 Å². The Morgan fingerprint density at radius 2 is 2.29 bits per heavy atom. The van der Waals surface area contributed by atoms with Gasteiger partial charge in [-0.25, -0.2) is 4.98 Å². The highest BCUT2D eigenvalue weighted by molar-refractivity contribution is 5.37. The van der Waals surface area contributed by atoms with E-state index in [1.807, 2.05) is 18.2 Å². The smallest absolute Gasteiger partial charge is 0.258 e. The van der Waals surface area contributed by atoms with Crippen LogP contribution in [0.25, 0.3) is 5.65 Å². The van der Waals surface area contributed by atoms with Gasteiger partial charge in [-0.3, -0.25) is 9.20 Å². The van der Waals surface area contributed by atoms with Crippen molar-refractivity contribution in [3.05, 3.63) is 46.5 Å². The predicted octanol–water partition coefficient (Wildman–Crippen LogP) is 0.133. The monoisotopic (exact) mass is 232 g/mol. The first-order chi connectivity index (χ1) is 8.31. The summed E-state index contributed by atoms with van der Waals surface area (Å²) in [5.41, 5.74) is 6.79. The summed E-state index contributed by atoms with van der Waals surface area (Å²) in [7, 11) is 0. The van der Waals surface area contributed by atoms with Crippen LogP contribution < -0.4 is 16.6 Å². The number of fused-ring (bicyclic) bond motifs is 1. The predicted molar refractivity (Wildman–Crippen MR) is 66.8 cm³/mol. The maximum atomic E-state index is 11.8. The molecule has 0 unspecified atom stereocenters. The maximum Gasteiger partial charge on any atom is 0.258 e. The standard InChI is InChI=1S/C12H16N4O/c13-5-3-6-14-9-10-8-12(17)16-7-2-1-4-11(16)15-10/h1-2,4,7-8,14H,3,5-6,9,13H2. The Kier molecular flexibility index (Phi) is 3.85. The van der Waals surface area contributed by atoms with Crippen LogP contribution in [0.1, 0.15) is 12.1 Å². The number of aromatic nitrogens is 2. The number of hydrogen-bond acceptors (Lipinski definition) is 4. The van der Waals surface area contributed by atoms with Gasteiger partial charge in [0.05, 0.1) is 5.69 Å². The van der Waals surface area contributed by atoms with Crippen molar-refractivity contribution in [2.24, 2.45) is 5.73 Å². The van der Waals surface area contributed by atoms with Gasteiger partial charge < -0.3 is 11.1 Å². The Morgan fingerprint density at radius 1 is 1.41 bits per heavy atom. The Labute approximate surface area is 99.3 Å². The van der Waals surface area contributed by atoms with Crippen molar-refractivity contribution in [1.82, 2.24) is 14.7 Å². The van der Waals surface area contributed by atoms with Gasteiger partial charge in [0.1, 0.15) is 5.65 Å². The third-order valence-corrected chi connectivity index (χ3v) is 2.49. The molecule has 0 aromatic carbocycles. The Bertz CT molecular complexity index is 549. The first-order valence-electron chi connectivity index (χ1n) is 5.69. The van der Waals surface area contributed by atoms with Crippen LogP contribution in [-0.2, 0) is 6.54 Å². The molecular formula is C12H16N4O. The zero-order chi connectivity index (χ0) is 12.1. The number of nitrogens with one attached hydrogen (secondary N) is 1. The van der Waals surface area contributed by atoms with E-state index in [4.69, 9.17) is 5.73 Å². The lowest BCUT2D eigenvalue weighted by atomic mass is 10.3. The number of nitrogens with two attached hydrogens (primary N) is 1. The van der Waals surface area contributed by atoms with E-state index in [1.165, 1.54) is 4.40 Å². The summed E-state index contributed by atoms with van der Waals surface area (Å²) in [4.78, 5) is 16.2. The van der Waals surface area contributed by atoms with Crippen molar-refractivity contribution in [3.63, 3.8) is 0 Å². The van der Waals surface area contributed by atoms with E-state index < -0.39 is 0 Å². The van der Waals surface area contributed by atoms with Gasteiger partial charge in [0.2, 0.25) is 0 Å². The van der Waals surface area contributed by atoms with Gasteiger partial charge >= 0.3 is 0 Å². The lowest BCUT2D eigenvalue weighted by molar-refractivity contribution is 0.645. The van der Waals surface area contributed by atoms with E-state index >= 15 is 0 Å². The van der Waals surface area contributed by atoms with Crippen LogP contribution in [0.3, 0.4) is 0 Å². The Hall–Kier alpha value is -1.72. The second-order valence-electron chi connectivity index (χ2n) is 3.83. The molecule has 5 heteroatoms. The van der Waals surface area contributed by atoms with Crippen molar-refractivity contribution in [3.8, 4) is 0 Å². The van der Waals surface area contributed by atoms with E-state index in [-0.39, 0.29) is 5.56 Å². The highest BCUT2D eigenvalue weighted by Crippen LogP contribution is 1.98. The summed E-state index contributed by atoms with van der Waals surface area (Å²) >= 11 is 0. The van der Waals surface area contributed by atoms with E-state index in [9.17, 15) is 4.79 Å². The van der Waals surface area contributed by atoms with Crippen molar-refractivity contribution in [2.45, 2.75) is 13.0 Å². The SMILES string of the molecule is NCCCNCc1cc(=O)n2ccccc2n1. The van der Waals surface area contributed by atoms with E-state index in [0.717, 1.165) is 18.7 Å². The molecule has 0 spiro atoms. The minimum absolute atomic E-state index is 0.0498. The number of hydrogen-bond donors (Lipinski definition) is 2. The summed E-state index contributed by atoms with van der Waals surface area (Å²) in [6, 6.07) is 7.07. The molecule has 3 N–H and O–H groups in total. The lowest BCUT2D eigenvalue weighted by Crippen LogP contribution is -2.21. The summed E-state index contributed by atoms with van der Waals surface area (Å²) in [5, 5.41) is 3.20. The third-order valence-electron chi connectivity index (χ3n) is 2.49. The van der Waals surface area contributed by atoms with Gasteiger partial charge in [-0.1, -0.05) is 6.07 Å². The van der Waals surface area contributed by atoms with Gasteiger partial charge in [-0.05, 0) is 31.6 Å². The molecule has 5 nitrogen and oxygen atoms in total. The summed E-state index contributed by atoms with van der Waals surface area (Å²) in [6.45, 7) is 2.10. The zero-order valence-corrected chi connectivity index (χ0v) is 9.60. The Morgan fingerprint density at radius 3 is 3.12 bits per heavy atom. The average molecular weight is 232 g/mol. The summed E-state index contributed by atoms with van der Waals surface area (Å²) < 4.78 is 1.53. The first kappa shape index (κ1) is 11.8. The molecule has 0 aliphatic carbocycles. The normalized spacial score (nSPS) is 10.9. The van der Waals surface area contributed by atoms with Crippen LogP contribution in [0.2, 0.25) is 0 Å². The van der Waals surface area contributed by atoms with Gasteiger partial charge in [-0.2, -0.15) is 0 Å². The van der Waals surface area contributed by atoms with Crippen molar-refractivity contribution < 1.29 is 0 Å². The second-order valence-corrected chi connectivity index (χ2v) is 3.83. The molecule has 0 bridgehead atoms. The number of nitrogens with zero attached hydrogens (tertiary/aromatic N) is 2. The molecule has 0 amide bonds. The van der Waals surface area contributed by atoms with Gasteiger partial charge in [0.15, 0.2) is 0 Å². The fourth-order valence-electron chi connectivity index (χ4n) is 1.64. The molecule has 0 saturated carbocycles. The molecule has 2 aromatic rings. The fraction of sp³-hybridized carbons (Fsp3) is 0.333. The molecule has 0 fully saturated rings. The minimum Gasteiger partial charge on any atom is -0.330 e. The molecule has 0 radical (unpaired) electrons. The molecule has 17 heavy (non-hydrogen) atoms. The highest BCUT2D eigenvalue weighted by Gasteiger charge is 2.00. The summed E-state index contributed by atoms with van der Waals surface area (Å²) in [6.07, 6.45) is 2.64. The van der Waals surface area contributed by atoms with Crippen LogP contribution >= 0.6 is 0 Å². The van der Waals surface area contributed by atoms with E-state index in [1.54, 1.807) is 12.3 Å². The molecular weight excluding hydrogens is 216 g/mol. The molecule has 0 aliphatic heterocycles. The molecule has 2 rings (SSSR count). The van der Waals surface area contributed by atoms with Crippen LogP contribution in [0.5, 0.6) is 0 Å². The van der Waals surface area contributed by atoms with E-state index in [2.05, 4.69) is 10.3 Å². The molecule has 2 aromatic heterocycles. The van der Waals surface area contributed by atoms with Crippen LogP contribution in [-0.4, -0.2) is 22.5 Å². The molecule has 0 aliphatic rings. The van der Waals surface area contributed by atoms with Gasteiger partial charge in [-0.15, -0.1) is 0 Å².